The van der Waals surface area contributed by atoms with Crippen molar-refractivity contribution in [2.75, 3.05) is 24.6 Å². The van der Waals surface area contributed by atoms with Crippen molar-refractivity contribution in [3.05, 3.63) is 78.4 Å². The summed E-state index contributed by atoms with van der Waals surface area (Å²) in [4.78, 5) is 14.2. The fraction of sp³-hybridized carbons (Fsp3) is 0.441. The van der Waals surface area contributed by atoms with Gasteiger partial charge in [0.05, 0.1) is 29.4 Å². The van der Waals surface area contributed by atoms with Crippen LogP contribution < -0.4 is 4.90 Å². The number of azo groups is 2. The Kier molecular flexibility index (Phi) is 14.3. The molecule has 0 aliphatic rings. The van der Waals surface area contributed by atoms with Crippen LogP contribution in [-0.2, 0) is 16.0 Å². The summed E-state index contributed by atoms with van der Waals surface area (Å²) < 4.78 is 5.40. The SMILES string of the molecule is CCCCCCCCCC(=O)OCCc1ccc(N=Nc2ccc(N=Nc3ccc(N(CC)CC)cc3)cc2)cc1. The van der Waals surface area contributed by atoms with Crippen LogP contribution in [0.15, 0.2) is 93.3 Å². The van der Waals surface area contributed by atoms with Crippen molar-refractivity contribution in [1.29, 1.82) is 0 Å². The van der Waals surface area contributed by atoms with Crippen LogP contribution in [0.2, 0.25) is 0 Å². The molecule has 3 aromatic rings. The molecule has 218 valence electrons. The first-order valence-corrected chi connectivity index (χ1v) is 15.1. The maximum Gasteiger partial charge on any atom is 0.305 e. The zero-order chi connectivity index (χ0) is 29.1. The second-order valence-corrected chi connectivity index (χ2v) is 10.1. The minimum atomic E-state index is -0.0963. The van der Waals surface area contributed by atoms with Gasteiger partial charge < -0.3 is 9.64 Å². The molecule has 0 aliphatic heterocycles. The fourth-order valence-corrected chi connectivity index (χ4v) is 4.45. The Bertz CT molecular complexity index is 1200. The Morgan fingerprint density at radius 3 is 1.54 bits per heavy atom. The van der Waals surface area contributed by atoms with E-state index in [0.29, 0.717) is 19.4 Å². The Balaban J connectivity index is 1.37. The Labute approximate surface area is 245 Å². The van der Waals surface area contributed by atoms with Crippen LogP contribution in [0.3, 0.4) is 0 Å². The van der Waals surface area contributed by atoms with Gasteiger partial charge in [-0.25, -0.2) is 0 Å². The lowest BCUT2D eigenvalue weighted by molar-refractivity contribution is -0.143. The molecule has 7 nitrogen and oxygen atoms in total. The first-order valence-electron chi connectivity index (χ1n) is 15.1. The van der Waals surface area contributed by atoms with Gasteiger partial charge in [-0.3, -0.25) is 4.79 Å². The maximum absolute atomic E-state index is 12.0. The number of ether oxygens (including phenoxy) is 1. The van der Waals surface area contributed by atoms with Gasteiger partial charge in [0.25, 0.3) is 0 Å². The quantitative estimate of drug-likeness (QED) is 0.0889. The molecule has 0 heterocycles. The predicted molar refractivity (Wildman–Crippen MR) is 169 cm³/mol. The summed E-state index contributed by atoms with van der Waals surface area (Å²) in [5.41, 5.74) is 5.36. The van der Waals surface area contributed by atoms with Gasteiger partial charge >= 0.3 is 5.97 Å². The molecule has 3 aromatic carbocycles. The van der Waals surface area contributed by atoms with E-state index in [9.17, 15) is 4.79 Å². The highest BCUT2D eigenvalue weighted by atomic mass is 16.5. The van der Waals surface area contributed by atoms with E-state index in [1.807, 2.05) is 60.7 Å². The average Bonchev–Trinajstić information content (AvgIpc) is 3.01. The minimum Gasteiger partial charge on any atom is -0.465 e. The van der Waals surface area contributed by atoms with E-state index >= 15 is 0 Å². The number of carbonyl (C=O) groups is 1. The largest absolute Gasteiger partial charge is 0.465 e. The van der Waals surface area contributed by atoms with Crippen molar-refractivity contribution < 1.29 is 9.53 Å². The molecule has 0 fully saturated rings. The van der Waals surface area contributed by atoms with Gasteiger partial charge in [-0.05, 0) is 86.5 Å². The van der Waals surface area contributed by atoms with Crippen molar-refractivity contribution in [3.8, 4) is 0 Å². The number of unbranched alkanes of at least 4 members (excludes halogenated alkanes) is 6. The lowest BCUT2D eigenvalue weighted by atomic mass is 10.1. The third kappa shape index (κ3) is 12.0. The second-order valence-electron chi connectivity index (χ2n) is 10.1. The molecule has 41 heavy (non-hydrogen) atoms. The van der Waals surface area contributed by atoms with Gasteiger partial charge in [0.15, 0.2) is 0 Å². The van der Waals surface area contributed by atoms with Crippen LogP contribution in [0.4, 0.5) is 28.4 Å². The summed E-state index contributed by atoms with van der Waals surface area (Å²) in [6.45, 7) is 8.88. The first kappa shape index (κ1) is 31.7. The fourth-order valence-electron chi connectivity index (χ4n) is 4.45. The summed E-state index contributed by atoms with van der Waals surface area (Å²) in [6, 6.07) is 23.4. The second kappa shape index (κ2) is 18.5. The van der Waals surface area contributed by atoms with Crippen LogP contribution in [0.25, 0.3) is 0 Å². The van der Waals surface area contributed by atoms with Crippen molar-refractivity contribution >= 4 is 34.4 Å². The third-order valence-corrected chi connectivity index (χ3v) is 6.96. The van der Waals surface area contributed by atoms with Gasteiger partial charge in [-0.1, -0.05) is 57.6 Å². The molecule has 0 spiro atoms. The molecule has 0 radical (unpaired) electrons. The maximum atomic E-state index is 12.0. The van der Waals surface area contributed by atoms with E-state index in [2.05, 4.69) is 58.3 Å². The summed E-state index contributed by atoms with van der Waals surface area (Å²) in [5.74, 6) is -0.0963. The van der Waals surface area contributed by atoms with E-state index in [-0.39, 0.29) is 5.97 Å². The van der Waals surface area contributed by atoms with Gasteiger partial charge in [0.2, 0.25) is 0 Å². The molecular formula is C34H45N5O2. The molecule has 0 atom stereocenters. The molecule has 0 amide bonds. The van der Waals surface area contributed by atoms with Crippen LogP contribution in [-0.4, -0.2) is 25.7 Å². The van der Waals surface area contributed by atoms with Crippen LogP contribution in [0.1, 0.15) is 77.7 Å². The van der Waals surface area contributed by atoms with Crippen LogP contribution in [0.5, 0.6) is 0 Å². The molecule has 0 saturated carbocycles. The molecule has 0 aliphatic carbocycles. The Morgan fingerprint density at radius 2 is 1.05 bits per heavy atom. The standard InChI is InChI=1S/C34H45N5O2/c1-4-7-8-9-10-11-12-13-34(40)41-27-26-28-14-16-29(17-15-28)35-36-30-18-20-31(21-19-30)37-38-32-22-24-33(25-23-32)39(5-2)6-3/h14-25H,4-13,26-27H2,1-3H3. The van der Waals surface area contributed by atoms with Crippen molar-refractivity contribution in [2.45, 2.75) is 78.6 Å². The van der Waals surface area contributed by atoms with E-state index in [0.717, 1.165) is 54.2 Å². The first-order chi connectivity index (χ1) is 20.1. The van der Waals surface area contributed by atoms with Gasteiger partial charge in [-0.15, -0.1) is 0 Å². The van der Waals surface area contributed by atoms with Gasteiger partial charge in [-0.2, -0.15) is 20.5 Å². The Morgan fingerprint density at radius 1 is 0.610 bits per heavy atom. The van der Waals surface area contributed by atoms with E-state index in [4.69, 9.17) is 4.74 Å². The molecule has 7 heteroatoms. The predicted octanol–water partition coefficient (Wildman–Crippen LogP) is 10.6. The number of anilines is 1. The summed E-state index contributed by atoms with van der Waals surface area (Å²) in [6.07, 6.45) is 9.58. The van der Waals surface area contributed by atoms with Crippen molar-refractivity contribution in [2.24, 2.45) is 20.5 Å². The summed E-state index contributed by atoms with van der Waals surface area (Å²) in [7, 11) is 0. The smallest absolute Gasteiger partial charge is 0.305 e. The molecule has 0 saturated heterocycles. The topological polar surface area (TPSA) is 79.0 Å². The van der Waals surface area contributed by atoms with Gasteiger partial charge in [0, 0.05) is 31.6 Å². The third-order valence-electron chi connectivity index (χ3n) is 6.96. The molecule has 0 unspecified atom stereocenters. The van der Waals surface area contributed by atoms with Crippen LogP contribution >= 0.6 is 0 Å². The number of rotatable bonds is 18. The number of nitrogens with zero attached hydrogens (tertiary/aromatic N) is 5. The number of esters is 1. The average molecular weight is 556 g/mol. The highest BCUT2D eigenvalue weighted by Gasteiger charge is 2.04. The van der Waals surface area contributed by atoms with Crippen LogP contribution in [0, 0.1) is 0 Å². The van der Waals surface area contributed by atoms with E-state index in [1.54, 1.807) is 0 Å². The number of hydrogen-bond acceptors (Lipinski definition) is 7. The minimum absolute atomic E-state index is 0.0963. The molecule has 0 bridgehead atoms. The molecular weight excluding hydrogens is 510 g/mol. The van der Waals surface area contributed by atoms with E-state index in [1.165, 1.54) is 37.8 Å². The molecule has 0 N–H and O–H groups in total. The number of benzene rings is 3. The highest BCUT2D eigenvalue weighted by Crippen LogP contribution is 2.25. The zero-order valence-corrected chi connectivity index (χ0v) is 25.0. The lowest BCUT2D eigenvalue weighted by Crippen LogP contribution is -2.21. The number of carbonyl (C=O) groups excluding carboxylic acids is 1. The normalized spacial score (nSPS) is 11.4. The summed E-state index contributed by atoms with van der Waals surface area (Å²) >= 11 is 0. The highest BCUT2D eigenvalue weighted by molar-refractivity contribution is 5.69. The Hall–Kier alpha value is -3.87. The monoisotopic (exact) mass is 555 g/mol. The summed E-state index contributed by atoms with van der Waals surface area (Å²) in [5, 5.41) is 17.3. The number of hydrogen-bond donors (Lipinski definition) is 0. The molecule has 0 aromatic heterocycles. The molecule has 3 rings (SSSR count). The lowest BCUT2D eigenvalue weighted by Gasteiger charge is -2.20. The van der Waals surface area contributed by atoms with Crippen molar-refractivity contribution in [1.82, 2.24) is 0 Å². The van der Waals surface area contributed by atoms with Crippen molar-refractivity contribution in [3.63, 3.8) is 0 Å². The van der Waals surface area contributed by atoms with Gasteiger partial charge in [0.1, 0.15) is 0 Å². The zero-order valence-electron chi connectivity index (χ0n) is 25.0. The van der Waals surface area contributed by atoms with E-state index < -0.39 is 0 Å².